The fourth-order valence-electron chi connectivity index (χ4n) is 1.52. The zero-order valence-corrected chi connectivity index (χ0v) is 14.2. The lowest BCUT2D eigenvalue weighted by molar-refractivity contribution is -0.141. The Kier molecular flexibility index (Phi) is 6.04. The highest BCUT2D eigenvalue weighted by Crippen LogP contribution is 2.33. The van der Waals surface area contributed by atoms with Crippen molar-refractivity contribution in [3.63, 3.8) is 0 Å². The number of ether oxygens (including phenoxy) is 1. The van der Waals surface area contributed by atoms with Crippen LogP contribution in [0.3, 0.4) is 0 Å². The minimum Gasteiger partial charge on any atom is -0.444 e. The van der Waals surface area contributed by atoms with E-state index in [2.05, 4.69) is 15.6 Å². The molecule has 1 heterocycles. The van der Waals surface area contributed by atoms with Gasteiger partial charge < -0.3 is 15.4 Å². The van der Waals surface area contributed by atoms with Gasteiger partial charge in [-0.15, -0.1) is 0 Å². The zero-order valence-electron chi connectivity index (χ0n) is 13.4. The average Bonchev–Trinajstić information content (AvgIpc) is 2.34. The Bertz CT molecular complexity index is 630. The summed E-state index contributed by atoms with van der Waals surface area (Å²) in [7, 11) is 0. The van der Waals surface area contributed by atoms with Crippen LogP contribution in [0.15, 0.2) is 12.3 Å². The number of carbonyl (C=O) groups excluding carboxylic acids is 2. The van der Waals surface area contributed by atoms with Crippen LogP contribution in [-0.4, -0.2) is 28.6 Å². The van der Waals surface area contributed by atoms with Gasteiger partial charge in [0.15, 0.2) is 5.69 Å². The summed E-state index contributed by atoms with van der Waals surface area (Å²) in [4.78, 5) is 26.7. The molecule has 0 saturated carbocycles. The number of nitrogens with zero attached hydrogens (tertiary/aromatic N) is 1. The third-order valence-electron chi connectivity index (χ3n) is 2.50. The van der Waals surface area contributed by atoms with E-state index in [9.17, 15) is 22.8 Å². The number of alkyl carbamates (subject to hydrolysis) is 1. The number of aromatic nitrogens is 1. The fourth-order valence-corrected chi connectivity index (χ4v) is 1.79. The van der Waals surface area contributed by atoms with E-state index in [4.69, 9.17) is 16.3 Å². The summed E-state index contributed by atoms with van der Waals surface area (Å²) in [6.07, 6.45) is -4.66. The highest BCUT2D eigenvalue weighted by Gasteiger charge is 2.35. The minimum atomic E-state index is -4.69. The van der Waals surface area contributed by atoms with Crippen LogP contribution in [0.2, 0.25) is 5.02 Å². The Balaban J connectivity index is 2.71. The van der Waals surface area contributed by atoms with Crippen LogP contribution in [0.25, 0.3) is 0 Å². The van der Waals surface area contributed by atoms with Crippen molar-refractivity contribution in [2.24, 2.45) is 0 Å². The number of amides is 2. The number of carbonyl (C=O) groups is 2. The van der Waals surface area contributed by atoms with Crippen molar-refractivity contribution >= 4 is 29.3 Å². The van der Waals surface area contributed by atoms with Crippen LogP contribution in [0.1, 0.15) is 33.4 Å². The third kappa shape index (κ3) is 6.23. The summed E-state index contributed by atoms with van der Waals surface area (Å²) < 4.78 is 42.7. The van der Waals surface area contributed by atoms with E-state index < -0.39 is 40.5 Å². The highest BCUT2D eigenvalue weighted by atomic mass is 35.5. The lowest BCUT2D eigenvalue weighted by Crippen LogP contribution is -2.44. The highest BCUT2D eigenvalue weighted by molar-refractivity contribution is 6.31. The molecule has 0 spiro atoms. The van der Waals surface area contributed by atoms with Crippen LogP contribution in [0.5, 0.6) is 0 Å². The molecule has 10 heteroatoms. The molecule has 24 heavy (non-hydrogen) atoms. The monoisotopic (exact) mass is 367 g/mol. The quantitative estimate of drug-likeness (QED) is 0.855. The number of rotatable bonds is 3. The zero-order chi connectivity index (χ0) is 18.7. The van der Waals surface area contributed by atoms with Crippen molar-refractivity contribution in [2.75, 3.05) is 5.32 Å². The molecule has 0 aliphatic heterocycles. The van der Waals surface area contributed by atoms with Gasteiger partial charge in [-0.25, -0.2) is 9.78 Å². The molecule has 0 radical (unpaired) electrons. The van der Waals surface area contributed by atoms with E-state index in [1.54, 1.807) is 20.8 Å². The lowest BCUT2D eigenvalue weighted by atomic mass is 10.2. The first-order chi connectivity index (χ1) is 10.8. The summed E-state index contributed by atoms with van der Waals surface area (Å²) in [6.45, 7) is 6.37. The Hall–Kier alpha value is -2.03. The molecule has 1 unspecified atom stereocenters. The molecule has 1 rings (SSSR count). The molecule has 0 bridgehead atoms. The van der Waals surface area contributed by atoms with Gasteiger partial charge in [-0.05, 0) is 33.8 Å². The van der Waals surface area contributed by atoms with Crippen molar-refractivity contribution in [3.8, 4) is 0 Å². The standard InChI is InChI=1S/C14H17ClF3N3O3/c1-7(20-12(23)24-13(2,3)4)11(22)21-8-5-9(15)10(19-6-8)14(16,17)18/h5-7H,1-4H3,(H,20,23)(H,21,22). The van der Waals surface area contributed by atoms with Crippen molar-refractivity contribution < 1.29 is 27.5 Å². The van der Waals surface area contributed by atoms with Gasteiger partial charge in [0.1, 0.15) is 11.6 Å². The molecular weight excluding hydrogens is 351 g/mol. The third-order valence-corrected chi connectivity index (χ3v) is 2.79. The minimum absolute atomic E-state index is 0.0316. The molecule has 0 saturated heterocycles. The van der Waals surface area contributed by atoms with Gasteiger partial charge in [0.05, 0.1) is 16.9 Å². The van der Waals surface area contributed by atoms with Crippen molar-refractivity contribution in [1.29, 1.82) is 0 Å². The lowest BCUT2D eigenvalue weighted by Gasteiger charge is -2.21. The molecule has 0 aliphatic rings. The molecule has 1 aromatic rings. The summed E-state index contributed by atoms with van der Waals surface area (Å²) >= 11 is 5.51. The first kappa shape index (κ1) is 20.0. The molecule has 6 nitrogen and oxygen atoms in total. The normalized spacial score (nSPS) is 13.2. The SMILES string of the molecule is CC(NC(=O)OC(C)(C)C)C(=O)Nc1cnc(C(F)(F)F)c(Cl)c1. The van der Waals surface area contributed by atoms with Crippen molar-refractivity contribution in [3.05, 3.63) is 23.0 Å². The van der Waals surface area contributed by atoms with Crippen LogP contribution in [0.4, 0.5) is 23.7 Å². The molecule has 0 fully saturated rings. The predicted octanol–water partition coefficient (Wildman–Crippen LogP) is 3.61. The molecule has 134 valence electrons. The Morgan fingerprint density at radius 1 is 1.29 bits per heavy atom. The molecule has 2 amide bonds. The van der Waals surface area contributed by atoms with Crippen LogP contribution in [-0.2, 0) is 15.7 Å². The number of alkyl halides is 3. The smallest absolute Gasteiger partial charge is 0.434 e. The number of anilines is 1. The van der Waals surface area contributed by atoms with E-state index in [1.807, 2.05) is 0 Å². The Labute approximate surface area is 141 Å². The number of halogens is 4. The van der Waals surface area contributed by atoms with Gasteiger partial charge >= 0.3 is 12.3 Å². The average molecular weight is 368 g/mol. The predicted molar refractivity (Wildman–Crippen MR) is 81.7 cm³/mol. The van der Waals surface area contributed by atoms with Gasteiger partial charge in [-0.2, -0.15) is 13.2 Å². The van der Waals surface area contributed by atoms with Crippen molar-refractivity contribution in [1.82, 2.24) is 10.3 Å². The Morgan fingerprint density at radius 3 is 2.33 bits per heavy atom. The number of pyridine rings is 1. The molecule has 1 aromatic heterocycles. The second-order valence-electron chi connectivity index (χ2n) is 5.91. The second kappa shape index (κ2) is 7.25. The summed E-state index contributed by atoms with van der Waals surface area (Å²) in [5.41, 5.74) is -2.01. The molecule has 0 aliphatic carbocycles. The second-order valence-corrected chi connectivity index (χ2v) is 6.32. The van der Waals surface area contributed by atoms with Gasteiger partial charge in [-0.1, -0.05) is 11.6 Å². The van der Waals surface area contributed by atoms with Gasteiger partial charge in [0.25, 0.3) is 0 Å². The fraction of sp³-hybridized carbons (Fsp3) is 0.500. The summed E-state index contributed by atoms with van der Waals surface area (Å²) in [5, 5.41) is 3.96. The molecule has 0 aromatic carbocycles. The maximum Gasteiger partial charge on any atom is 0.434 e. The number of hydrogen-bond donors (Lipinski definition) is 2. The van der Waals surface area contributed by atoms with Gasteiger partial charge in [0, 0.05) is 0 Å². The molecule has 1 atom stereocenters. The summed E-state index contributed by atoms with van der Waals surface area (Å²) in [6, 6.07) is -0.0592. The maximum absolute atomic E-state index is 12.6. The van der Waals surface area contributed by atoms with Crippen LogP contribution < -0.4 is 10.6 Å². The van der Waals surface area contributed by atoms with Crippen molar-refractivity contribution in [2.45, 2.75) is 45.5 Å². The van der Waals surface area contributed by atoms with E-state index in [0.717, 1.165) is 12.3 Å². The van der Waals surface area contributed by atoms with E-state index in [0.29, 0.717) is 0 Å². The first-order valence-electron chi connectivity index (χ1n) is 6.82. The largest absolute Gasteiger partial charge is 0.444 e. The van der Waals surface area contributed by atoms with Gasteiger partial charge in [-0.3, -0.25) is 4.79 Å². The number of nitrogens with one attached hydrogen (secondary N) is 2. The molecular formula is C14H17ClF3N3O3. The maximum atomic E-state index is 12.6. The first-order valence-corrected chi connectivity index (χ1v) is 7.20. The van der Waals surface area contributed by atoms with E-state index in [1.165, 1.54) is 6.92 Å². The Morgan fingerprint density at radius 2 is 1.88 bits per heavy atom. The van der Waals surface area contributed by atoms with Crippen LogP contribution in [0, 0.1) is 0 Å². The summed E-state index contributed by atoms with van der Waals surface area (Å²) in [5.74, 6) is -0.668. The number of hydrogen-bond acceptors (Lipinski definition) is 4. The van der Waals surface area contributed by atoms with E-state index in [-0.39, 0.29) is 5.69 Å². The van der Waals surface area contributed by atoms with E-state index >= 15 is 0 Å². The topological polar surface area (TPSA) is 80.3 Å². The van der Waals surface area contributed by atoms with Crippen LogP contribution >= 0.6 is 11.6 Å². The van der Waals surface area contributed by atoms with Gasteiger partial charge in [0.2, 0.25) is 5.91 Å². The molecule has 2 N–H and O–H groups in total.